The Bertz CT molecular complexity index is 522. The Balaban J connectivity index is 2.48. The van der Waals surface area contributed by atoms with E-state index < -0.39 is 0 Å². The Hall–Kier alpha value is -1.52. The summed E-state index contributed by atoms with van der Waals surface area (Å²) in [6.07, 6.45) is 3.53. The molecule has 2 heterocycles. The highest BCUT2D eigenvalue weighted by atomic mass is 15.4. The fourth-order valence-corrected chi connectivity index (χ4v) is 2.38. The summed E-state index contributed by atoms with van der Waals surface area (Å²) in [5, 5.41) is 4.39. The van der Waals surface area contributed by atoms with Crippen LogP contribution in [0.1, 0.15) is 44.8 Å². The van der Waals surface area contributed by atoms with Crippen molar-refractivity contribution in [3.05, 3.63) is 5.69 Å². The molecule has 2 aromatic rings. The second-order valence-electron chi connectivity index (χ2n) is 4.71. The molecule has 2 rings (SSSR count). The lowest BCUT2D eigenvalue weighted by atomic mass is 10.1. The Morgan fingerprint density at radius 3 is 2.76 bits per heavy atom. The van der Waals surface area contributed by atoms with Crippen molar-refractivity contribution in [2.24, 2.45) is 7.05 Å². The molecule has 94 valence electrons. The SMILES string of the molecule is CCCCC(C)n1c(N)nc2c(C)nn(C)c21. The molecule has 5 nitrogen and oxygen atoms in total. The number of anilines is 1. The third kappa shape index (κ3) is 1.90. The molecular formula is C12H21N5. The first-order valence-electron chi connectivity index (χ1n) is 6.23. The third-order valence-electron chi connectivity index (χ3n) is 3.28. The average Bonchev–Trinajstić information content (AvgIpc) is 2.74. The largest absolute Gasteiger partial charge is 0.369 e. The summed E-state index contributed by atoms with van der Waals surface area (Å²) < 4.78 is 3.97. The van der Waals surface area contributed by atoms with Crippen LogP contribution in [-0.4, -0.2) is 19.3 Å². The molecule has 0 spiro atoms. The van der Waals surface area contributed by atoms with Crippen LogP contribution in [0.15, 0.2) is 0 Å². The molecule has 0 aromatic carbocycles. The topological polar surface area (TPSA) is 61.7 Å². The predicted molar refractivity (Wildman–Crippen MR) is 69.9 cm³/mol. The van der Waals surface area contributed by atoms with E-state index in [1.807, 2.05) is 18.7 Å². The molecular weight excluding hydrogens is 214 g/mol. The first-order chi connectivity index (χ1) is 8.06. The molecule has 5 heteroatoms. The highest BCUT2D eigenvalue weighted by Gasteiger charge is 2.18. The van der Waals surface area contributed by atoms with Gasteiger partial charge >= 0.3 is 0 Å². The normalized spacial score (nSPS) is 13.4. The highest BCUT2D eigenvalue weighted by Crippen LogP contribution is 2.26. The maximum Gasteiger partial charge on any atom is 0.202 e. The lowest BCUT2D eigenvalue weighted by molar-refractivity contribution is 0.493. The molecule has 0 saturated heterocycles. The van der Waals surface area contributed by atoms with E-state index in [2.05, 4.69) is 28.5 Å². The van der Waals surface area contributed by atoms with Gasteiger partial charge in [0, 0.05) is 13.1 Å². The van der Waals surface area contributed by atoms with E-state index in [0.717, 1.165) is 23.3 Å². The number of nitrogen functional groups attached to an aromatic ring is 1. The molecule has 17 heavy (non-hydrogen) atoms. The molecule has 0 radical (unpaired) electrons. The summed E-state index contributed by atoms with van der Waals surface area (Å²) in [5.41, 5.74) is 8.91. The number of hydrogen-bond acceptors (Lipinski definition) is 3. The average molecular weight is 235 g/mol. The first kappa shape index (κ1) is 12.0. The molecule has 1 unspecified atom stereocenters. The number of aromatic nitrogens is 4. The van der Waals surface area contributed by atoms with Gasteiger partial charge in [0.1, 0.15) is 5.52 Å². The van der Waals surface area contributed by atoms with E-state index >= 15 is 0 Å². The summed E-state index contributed by atoms with van der Waals surface area (Å²) in [7, 11) is 1.94. The van der Waals surface area contributed by atoms with Crippen molar-refractivity contribution in [2.75, 3.05) is 5.73 Å². The van der Waals surface area contributed by atoms with Gasteiger partial charge in [-0.05, 0) is 20.3 Å². The minimum atomic E-state index is 0.370. The van der Waals surface area contributed by atoms with Crippen LogP contribution >= 0.6 is 0 Å². The maximum atomic E-state index is 6.02. The van der Waals surface area contributed by atoms with Crippen LogP contribution in [0.25, 0.3) is 11.2 Å². The van der Waals surface area contributed by atoms with Gasteiger partial charge in [-0.25, -0.2) is 4.98 Å². The predicted octanol–water partition coefficient (Wildman–Crippen LogP) is 2.41. The number of nitrogens with two attached hydrogens (primary N) is 1. The van der Waals surface area contributed by atoms with Crippen LogP contribution in [-0.2, 0) is 7.05 Å². The van der Waals surface area contributed by atoms with Gasteiger partial charge in [0.15, 0.2) is 5.65 Å². The van der Waals surface area contributed by atoms with E-state index in [1.54, 1.807) is 0 Å². The van der Waals surface area contributed by atoms with Crippen LogP contribution in [0.3, 0.4) is 0 Å². The fourth-order valence-electron chi connectivity index (χ4n) is 2.38. The lowest BCUT2D eigenvalue weighted by Gasteiger charge is -2.15. The highest BCUT2D eigenvalue weighted by molar-refractivity contribution is 5.77. The van der Waals surface area contributed by atoms with Crippen LogP contribution in [0.4, 0.5) is 5.95 Å². The van der Waals surface area contributed by atoms with Gasteiger partial charge in [0.2, 0.25) is 5.95 Å². The summed E-state index contributed by atoms with van der Waals surface area (Å²) in [4.78, 5) is 4.42. The van der Waals surface area contributed by atoms with Gasteiger partial charge in [0.25, 0.3) is 0 Å². The van der Waals surface area contributed by atoms with Crippen molar-refractivity contribution in [1.29, 1.82) is 0 Å². The van der Waals surface area contributed by atoms with E-state index in [9.17, 15) is 0 Å². The molecule has 0 aliphatic heterocycles. The van der Waals surface area contributed by atoms with E-state index in [-0.39, 0.29) is 0 Å². The second-order valence-corrected chi connectivity index (χ2v) is 4.71. The summed E-state index contributed by atoms with van der Waals surface area (Å²) in [6.45, 7) is 6.36. The van der Waals surface area contributed by atoms with Gasteiger partial charge in [-0.15, -0.1) is 0 Å². The van der Waals surface area contributed by atoms with Gasteiger partial charge in [0.05, 0.1) is 5.69 Å². The molecule has 1 atom stereocenters. The Kier molecular flexibility index (Phi) is 3.09. The number of imidazole rings is 1. The number of aryl methyl sites for hydroxylation is 2. The zero-order valence-corrected chi connectivity index (χ0v) is 11.1. The van der Waals surface area contributed by atoms with E-state index in [0.29, 0.717) is 12.0 Å². The van der Waals surface area contributed by atoms with Crippen molar-refractivity contribution in [3.63, 3.8) is 0 Å². The van der Waals surface area contributed by atoms with Gasteiger partial charge in [-0.3, -0.25) is 9.25 Å². The number of unbranched alkanes of at least 4 members (excludes halogenated alkanes) is 1. The van der Waals surface area contributed by atoms with Gasteiger partial charge in [-0.1, -0.05) is 19.8 Å². The first-order valence-corrected chi connectivity index (χ1v) is 6.23. The van der Waals surface area contributed by atoms with Crippen LogP contribution < -0.4 is 5.73 Å². The van der Waals surface area contributed by atoms with Crippen molar-refractivity contribution >= 4 is 17.1 Å². The minimum absolute atomic E-state index is 0.370. The zero-order chi connectivity index (χ0) is 12.6. The van der Waals surface area contributed by atoms with Crippen LogP contribution in [0.2, 0.25) is 0 Å². The zero-order valence-electron chi connectivity index (χ0n) is 11.1. The molecule has 0 saturated carbocycles. The standard InChI is InChI=1S/C12H21N5/c1-5-6-7-8(2)17-11-10(14-12(17)13)9(3)15-16(11)4/h8H,5-7H2,1-4H3,(H2,13,14). The van der Waals surface area contributed by atoms with Crippen molar-refractivity contribution in [1.82, 2.24) is 19.3 Å². The second kappa shape index (κ2) is 4.39. The Morgan fingerprint density at radius 1 is 1.41 bits per heavy atom. The molecule has 0 aliphatic carbocycles. The maximum absolute atomic E-state index is 6.02. The molecule has 2 N–H and O–H groups in total. The fraction of sp³-hybridized carbons (Fsp3) is 0.667. The number of rotatable bonds is 4. The summed E-state index contributed by atoms with van der Waals surface area (Å²) in [5.74, 6) is 0.597. The summed E-state index contributed by atoms with van der Waals surface area (Å²) in [6, 6.07) is 0.370. The van der Waals surface area contributed by atoms with Crippen molar-refractivity contribution in [3.8, 4) is 0 Å². The molecule has 2 aromatic heterocycles. The molecule has 0 aliphatic rings. The third-order valence-corrected chi connectivity index (χ3v) is 3.28. The van der Waals surface area contributed by atoms with Crippen LogP contribution in [0, 0.1) is 6.92 Å². The van der Waals surface area contributed by atoms with Gasteiger partial charge < -0.3 is 5.73 Å². The Labute approximate surface area is 102 Å². The van der Waals surface area contributed by atoms with Crippen LogP contribution in [0.5, 0.6) is 0 Å². The van der Waals surface area contributed by atoms with Crippen molar-refractivity contribution < 1.29 is 0 Å². The number of nitrogens with zero attached hydrogens (tertiary/aromatic N) is 4. The summed E-state index contributed by atoms with van der Waals surface area (Å²) >= 11 is 0. The van der Waals surface area contributed by atoms with Crippen molar-refractivity contribution in [2.45, 2.75) is 46.1 Å². The lowest BCUT2D eigenvalue weighted by Crippen LogP contribution is -2.11. The monoisotopic (exact) mass is 235 g/mol. The van der Waals surface area contributed by atoms with E-state index in [4.69, 9.17) is 5.73 Å². The quantitative estimate of drug-likeness (QED) is 0.885. The molecule has 0 amide bonds. The number of fused-ring (bicyclic) bond motifs is 1. The molecule has 0 fully saturated rings. The molecule has 0 bridgehead atoms. The van der Waals surface area contributed by atoms with E-state index in [1.165, 1.54) is 12.8 Å². The minimum Gasteiger partial charge on any atom is -0.369 e. The van der Waals surface area contributed by atoms with Gasteiger partial charge in [-0.2, -0.15) is 5.10 Å². The smallest absolute Gasteiger partial charge is 0.202 e. The Morgan fingerprint density at radius 2 is 2.12 bits per heavy atom. The number of hydrogen-bond donors (Lipinski definition) is 1.